The molecule has 6 rings (SSSR count). The Hall–Kier alpha value is -5.46. The smallest absolute Gasteiger partial charge is 0.276 e. The van der Waals surface area contributed by atoms with Gasteiger partial charge in [-0.05, 0) is 87.1 Å². The predicted molar refractivity (Wildman–Crippen MR) is 200 cm³/mol. The molecule has 1 atom stereocenters. The van der Waals surface area contributed by atoms with Gasteiger partial charge in [0.2, 0.25) is 23.6 Å². The number of rotatable bonds is 12. The number of nitrogens with one attached hydrogen (secondary N) is 3. The van der Waals surface area contributed by atoms with Gasteiger partial charge in [-0.2, -0.15) is 5.10 Å². The number of pyridine rings is 1. The summed E-state index contributed by atoms with van der Waals surface area (Å²) in [7, 11) is 4.86. The molecule has 13 heteroatoms. The number of methoxy groups -OCH3 is 2. The first-order valence-electron chi connectivity index (χ1n) is 18.2. The van der Waals surface area contributed by atoms with Crippen molar-refractivity contribution in [3.8, 4) is 22.6 Å². The number of carbonyl (C=O) groups is 4. The van der Waals surface area contributed by atoms with E-state index in [4.69, 9.17) is 9.47 Å². The molecule has 280 valence electrons. The fourth-order valence-electron chi connectivity index (χ4n) is 7.61. The summed E-state index contributed by atoms with van der Waals surface area (Å²) in [4.78, 5) is 64.8. The minimum atomic E-state index is -1.06. The fourth-order valence-corrected chi connectivity index (χ4v) is 7.61. The third-order valence-corrected chi connectivity index (χ3v) is 10.6. The van der Waals surface area contributed by atoms with Gasteiger partial charge in [-0.1, -0.05) is 24.3 Å². The number of ether oxygens (including phenoxy) is 2. The number of aryl methyl sites for hydroxylation is 1. The number of aromatic nitrogens is 3. The van der Waals surface area contributed by atoms with Gasteiger partial charge in [0.1, 0.15) is 22.6 Å². The van der Waals surface area contributed by atoms with Crippen molar-refractivity contribution < 1.29 is 28.7 Å². The molecule has 3 N–H and O–H groups in total. The molecule has 0 spiro atoms. The van der Waals surface area contributed by atoms with E-state index in [1.54, 1.807) is 47.5 Å². The molecule has 0 saturated carbocycles. The van der Waals surface area contributed by atoms with Gasteiger partial charge in [0.25, 0.3) is 5.56 Å². The summed E-state index contributed by atoms with van der Waals surface area (Å²) in [5.74, 6) is 0.634. The lowest BCUT2D eigenvalue weighted by Gasteiger charge is -2.37. The van der Waals surface area contributed by atoms with E-state index in [2.05, 4.69) is 45.1 Å². The molecule has 2 aliphatic rings. The molecule has 4 amide bonds. The van der Waals surface area contributed by atoms with Crippen molar-refractivity contribution in [1.82, 2.24) is 30.3 Å². The monoisotopic (exact) mass is 724 g/mol. The minimum Gasteiger partial charge on any atom is -0.496 e. The van der Waals surface area contributed by atoms with Gasteiger partial charge < -0.3 is 24.3 Å². The first-order valence-corrected chi connectivity index (χ1v) is 18.2. The number of H-pyrrole nitrogens is 1. The average molecular weight is 725 g/mol. The van der Waals surface area contributed by atoms with E-state index in [0.717, 1.165) is 35.1 Å². The number of piperidine rings is 2. The Morgan fingerprint density at radius 3 is 2.32 bits per heavy atom. The Morgan fingerprint density at radius 2 is 1.68 bits per heavy atom. The highest BCUT2D eigenvalue weighted by Crippen LogP contribution is 2.38. The van der Waals surface area contributed by atoms with Crippen LogP contribution in [0.1, 0.15) is 75.0 Å². The van der Waals surface area contributed by atoms with Crippen molar-refractivity contribution in [3.63, 3.8) is 0 Å². The van der Waals surface area contributed by atoms with Crippen molar-refractivity contribution >= 4 is 34.5 Å². The van der Waals surface area contributed by atoms with Crippen LogP contribution in [0.25, 0.3) is 22.0 Å². The number of amides is 4. The maximum atomic E-state index is 13.6. The van der Waals surface area contributed by atoms with Gasteiger partial charge in [0.05, 0.1) is 20.4 Å². The van der Waals surface area contributed by atoms with E-state index < -0.39 is 5.54 Å². The summed E-state index contributed by atoms with van der Waals surface area (Å²) in [6.45, 7) is 4.70. The summed E-state index contributed by atoms with van der Waals surface area (Å²) in [5, 5.41) is 12.9. The highest BCUT2D eigenvalue weighted by molar-refractivity contribution is 5.98. The third kappa shape index (κ3) is 8.13. The molecule has 2 aliphatic heterocycles. The second-order valence-electron chi connectivity index (χ2n) is 14.7. The maximum absolute atomic E-state index is 13.6. The Kier molecular flexibility index (Phi) is 11.0. The molecule has 2 aromatic heterocycles. The Balaban J connectivity index is 1.01. The molecule has 2 fully saturated rings. The van der Waals surface area contributed by atoms with Crippen LogP contribution < -0.4 is 25.7 Å². The van der Waals surface area contributed by atoms with Gasteiger partial charge >= 0.3 is 0 Å². The maximum Gasteiger partial charge on any atom is 0.276 e. The lowest BCUT2D eigenvalue weighted by atomic mass is 9.86. The largest absolute Gasteiger partial charge is 0.496 e. The SMILES string of the molecule is COc1cc(-c2cn(C)c(=O)c3[nH]ncc23)cc(OC)c1CCCC(=O)NC(C)(C)C(=O)N1CCC(c2ccc(CC3CCC(=O)NC3=O)cc2)CC1. The second-order valence-corrected chi connectivity index (χ2v) is 14.7. The molecule has 4 heterocycles. The average Bonchev–Trinajstić information content (AvgIpc) is 3.64. The quantitative estimate of drug-likeness (QED) is 0.183. The first kappa shape index (κ1) is 37.3. The van der Waals surface area contributed by atoms with Crippen LogP contribution in [-0.4, -0.2) is 76.1 Å². The van der Waals surface area contributed by atoms with Crippen LogP contribution in [-0.2, 0) is 39.1 Å². The van der Waals surface area contributed by atoms with Crippen molar-refractivity contribution in [2.45, 2.75) is 76.7 Å². The molecule has 0 radical (unpaired) electrons. The van der Waals surface area contributed by atoms with E-state index in [-0.39, 0.29) is 41.5 Å². The molecule has 2 aromatic carbocycles. The van der Waals surface area contributed by atoms with Gasteiger partial charge in [-0.25, -0.2) is 0 Å². The number of imide groups is 1. The van der Waals surface area contributed by atoms with Crippen LogP contribution in [0.4, 0.5) is 0 Å². The normalized spacial score (nSPS) is 16.8. The van der Waals surface area contributed by atoms with Gasteiger partial charge in [-0.3, -0.25) is 34.4 Å². The van der Waals surface area contributed by atoms with E-state index in [1.165, 1.54) is 10.1 Å². The van der Waals surface area contributed by atoms with Crippen LogP contribution in [0, 0.1) is 5.92 Å². The van der Waals surface area contributed by atoms with E-state index in [1.807, 2.05) is 17.0 Å². The zero-order valence-corrected chi connectivity index (χ0v) is 31.0. The van der Waals surface area contributed by atoms with E-state index >= 15 is 0 Å². The number of hydrogen-bond donors (Lipinski definition) is 3. The lowest BCUT2D eigenvalue weighted by Crippen LogP contribution is -2.57. The zero-order chi connectivity index (χ0) is 37.9. The highest BCUT2D eigenvalue weighted by atomic mass is 16.5. The summed E-state index contributed by atoms with van der Waals surface area (Å²) in [6, 6.07) is 12.1. The van der Waals surface area contributed by atoms with Crippen LogP contribution in [0.15, 0.2) is 53.6 Å². The van der Waals surface area contributed by atoms with Crippen LogP contribution in [0.3, 0.4) is 0 Å². The van der Waals surface area contributed by atoms with Gasteiger partial charge in [0.15, 0.2) is 0 Å². The molecule has 1 unspecified atom stereocenters. The van der Waals surface area contributed by atoms with Gasteiger partial charge in [0, 0.05) is 61.6 Å². The zero-order valence-electron chi connectivity index (χ0n) is 31.0. The molecular weight excluding hydrogens is 676 g/mol. The summed E-state index contributed by atoms with van der Waals surface area (Å²) >= 11 is 0. The minimum absolute atomic E-state index is 0.104. The van der Waals surface area contributed by atoms with Crippen LogP contribution >= 0.6 is 0 Å². The number of hydrogen-bond acceptors (Lipinski definition) is 8. The summed E-state index contributed by atoms with van der Waals surface area (Å²) < 4.78 is 13.0. The van der Waals surface area contributed by atoms with Crippen molar-refractivity contribution in [2.75, 3.05) is 27.3 Å². The molecule has 0 bridgehead atoms. The number of nitrogens with zero attached hydrogens (tertiary/aromatic N) is 3. The van der Waals surface area contributed by atoms with Crippen LogP contribution in [0.2, 0.25) is 0 Å². The Morgan fingerprint density at radius 1 is 1.00 bits per heavy atom. The topological polar surface area (TPSA) is 165 Å². The van der Waals surface area contributed by atoms with Crippen molar-refractivity contribution in [3.05, 3.63) is 75.8 Å². The predicted octanol–water partition coefficient (Wildman–Crippen LogP) is 4.16. The fraction of sp³-hybridized carbons (Fsp3) is 0.450. The Labute approximate surface area is 308 Å². The Bertz CT molecular complexity index is 2050. The number of fused-ring (bicyclic) bond motifs is 1. The molecule has 53 heavy (non-hydrogen) atoms. The van der Waals surface area contributed by atoms with Crippen LogP contribution in [0.5, 0.6) is 11.5 Å². The van der Waals surface area contributed by atoms with E-state index in [9.17, 15) is 24.0 Å². The lowest BCUT2D eigenvalue weighted by molar-refractivity contribution is -0.141. The molecule has 13 nitrogen and oxygen atoms in total. The standard InChI is InChI=1S/C40H48N6O7/c1-40(2,39(51)46-17-15-26(16-18-46)25-11-9-24(10-12-25)19-27-13-14-34(47)42-37(27)49)43-35(48)8-6-7-29-32(52-4)20-28(21-33(29)53-5)31-23-45(3)38(50)36-30(31)22-41-44-36/h9-12,20-23,26-27H,6-8,13-19H2,1-5H3,(H,41,44)(H,43,48)(H,42,47,49). The molecule has 4 aromatic rings. The van der Waals surface area contributed by atoms with Crippen molar-refractivity contribution in [1.29, 1.82) is 0 Å². The highest BCUT2D eigenvalue weighted by Gasteiger charge is 2.35. The summed E-state index contributed by atoms with van der Waals surface area (Å²) in [5.41, 5.74) is 3.87. The van der Waals surface area contributed by atoms with E-state index in [0.29, 0.717) is 73.5 Å². The second kappa shape index (κ2) is 15.6. The number of aromatic amines is 1. The first-order chi connectivity index (χ1) is 25.4. The number of benzene rings is 2. The van der Waals surface area contributed by atoms with Gasteiger partial charge in [-0.15, -0.1) is 0 Å². The number of carbonyl (C=O) groups excluding carboxylic acids is 4. The molecule has 0 aliphatic carbocycles. The molecule has 2 saturated heterocycles. The molecular formula is C40H48N6O7. The third-order valence-electron chi connectivity index (χ3n) is 10.6. The summed E-state index contributed by atoms with van der Waals surface area (Å²) in [6.07, 6.45) is 7.82. The number of likely N-dealkylation sites (tertiary alicyclic amines) is 1. The van der Waals surface area contributed by atoms with Crippen molar-refractivity contribution in [2.24, 2.45) is 13.0 Å².